The van der Waals surface area contributed by atoms with Crippen molar-refractivity contribution in [2.75, 3.05) is 7.05 Å². The third-order valence-electron chi connectivity index (χ3n) is 2.98. The van der Waals surface area contributed by atoms with Gasteiger partial charge in [-0.25, -0.2) is 12.7 Å². The van der Waals surface area contributed by atoms with E-state index in [9.17, 15) is 8.42 Å². The van der Waals surface area contributed by atoms with Gasteiger partial charge < -0.3 is 5.11 Å². The van der Waals surface area contributed by atoms with Gasteiger partial charge in [-0.3, -0.25) is 0 Å². The largest absolute Gasteiger partial charge is 0.392 e. The average molecular weight is 311 g/mol. The van der Waals surface area contributed by atoms with Gasteiger partial charge in [-0.05, 0) is 33.5 Å². The van der Waals surface area contributed by atoms with Crippen LogP contribution >= 0.6 is 11.3 Å². The smallest absolute Gasteiger partial charge is 0.218 e. The van der Waals surface area contributed by atoms with Crippen LogP contribution in [0.1, 0.15) is 16.7 Å². The number of sulfonamides is 1. The molecule has 2 rings (SSSR count). The molecule has 20 heavy (non-hydrogen) atoms. The molecule has 0 saturated carbocycles. The Bertz CT molecular complexity index is 651. The summed E-state index contributed by atoms with van der Waals surface area (Å²) in [5.74, 6) is -0.0541. The molecule has 1 aromatic heterocycles. The first-order chi connectivity index (χ1) is 9.51. The summed E-state index contributed by atoms with van der Waals surface area (Å²) in [6.45, 7) is 0.296. The van der Waals surface area contributed by atoms with Crippen molar-refractivity contribution in [1.82, 2.24) is 4.31 Å². The molecule has 0 spiro atoms. The molecule has 0 unspecified atom stereocenters. The molecular formula is C14H17NO3S2. The highest BCUT2D eigenvalue weighted by Gasteiger charge is 2.19. The Kier molecular flexibility index (Phi) is 4.93. The molecule has 1 aromatic carbocycles. The second-order valence-electron chi connectivity index (χ2n) is 4.62. The lowest BCUT2D eigenvalue weighted by Gasteiger charge is -2.16. The molecule has 0 saturated heterocycles. The Morgan fingerprint density at radius 3 is 2.60 bits per heavy atom. The minimum Gasteiger partial charge on any atom is -0.392 e. The normalized spacial score (nSPS) is 11.9. The minimum atomic E-state index is -3.36. The lowest BCUT2D eigenvalue weighted by atomic mass is 10.1. The van der Waals surface area contributed by atoms with Crippen LogP contribution in [0.25, 0.3) is 0 Å². The van der Waals surface area contributed by atoms with Crippen LogP contribution in [0, 0.1) is 0 Å². The van der Waals surface area contributed by atoms with Gasteiger partial charge in [0.2, 0.25) is 10.0 Å². The number of benzene rings is 1. The van der Waals surface area contributed by atoms with E-state index < -0.39 is 10.0 Å². The van der Waals surface area contributed by atoms with Crippen molar-refractivity contribution in [3.05, 3.63) is 57.8 Å². The van der Waals surface area contributed by atoms with Crippen LogP contribution in [0.5, 0.6) is 0 Å². The van der Waals surface area contributed by atoms with Gasteiger partial charge in [-0.2, -0.15) is 11.3 Å². The number of thiophene rings is 1. The molecule has 1 N–H and O–H groups in total. The Morgan fingerprint density at radius 1 is 1.20 bits per heavy atom. The molecule has 1 heterocycles. The molecule has 0 aliphatic carbocycles. The highest BCUT2D eigenvalue weighted by Crippen LogP contribution is 2.15. The van der Waals surface area contributed by atoms with E-state index in [1.165, 1.54) is 4.31 Å². The van der Waals surface area contributed by atoms with E-state index in [1.807, 2.05) is 16.8 Å². The lowest BCUT2D eigenvalue weighted by molar-refractivity contribution is 0.281. The third-order valence-corrected chi connectivity index (χ3v) is 5.49. The van der Waals surface area contributed by atoms with Gasteiger partial charge in [0.1, 0.15) is 0 Å². The minimum absolute atomic E-state index is 0.0541. The summed E-state index contributed by atoms with van der Waals surface area (Å²) in [7, 11) is -1.77. The van der Waals surface area contributed by atoms with E-state index in [0.29, 0.717) is 12.1 Å². The zero-order chi connectivity index (χ0) is 14.6. The number of hydrogen-bond acceptors (Lipinski definition) is 4. The number of aliphatic hydroxyl groups excluding tert-OH is 1. The van der Waals surface area contributed by atoms with Gasteiger partial charge >= 0.3 is 0 Å². The van der Waals surface area contributed by atoms with Gasteiger partial charge in [0, 0.05) is 13.6 Å². The maximum atomic E-state index is 12.3. The second kappa shape index (κ2) is 6.49. The van der Waals surface area contributed by atoms with E-state index in [0.717, 1.165) is 11.1 Å². The summed E-state index contributed by atoms with van der Waals surface area (Å²) in [6.07, 6.45) is 0. The zero-order valence-electron chi connectivity index (χ0n) is 11.2. The first kappa shape index (κ1) is 15.2. The highest BCUT2D eigenvalue weighted by molar-refractivity contribution is 7.88. The zero-order valence-corrected chi connectivity index (χ0v) is 12.8. The summed E-state index contributed by atoms with van der Waals surface area (Å²) in [6, 6.07) is 8.93. The Morgan fingerprint density at radius 2 is 1.95 bits per heavy atom. The summed E-state index contributed by atoms with van der Waals surface area (Å²) in [5.41, 5.74) is 2.40. The standard InChI is InChI=1S/C14H17NO3S2/c1-15(8-14-5-6-19-10-14)20(17,18)11-13-4-2-3-12(7-13)9-16/h2-7,10,16H,8-9,11H2,1H3. The highest BCUT2D eigenvalue weighted by atomic mass is 32.2. The summed E-state index contributed by atoms with van der Waals surface area (Å²) in [5, 5.41) is 13.0. The molecular weight excluding hydrogens is 294 g/mol. The molecule has 108 valence electrons. The Balaban J connectivity index is 2.09. The SMILES string of the molecule is CN(Cc1ccsc1)S(=O)(=O)Cc1cccc(CO)c1. The summed E-state index contributed by atoms with van der Waals surface area (Å²) in [4.78, 5) is 0. The van der Waals surface area contributed by atoms with Crippen LogP contribution < -0.4 is 0 Å². The van der Waals surface area contributed by atoms with Crippen molar-refractivity contribution in [2.45, 2.75) is 18.9 Å². The summed E-state index contributed by atoms with van der Waals surface area (Å²) >= 11 is 1.55. The molecule has 2 aromatic rings. The lowest BCUT2D eigenvalue weighted by Crippen LogP contribution is -2.27. The predicted octanol–water partition coefficient (Wildman–Crippen LogP) is 2.20. The van der Waals surface area contributed by atoms with Crippen LogP contribution in [0.3, 0.4) is 0 Å². The summed E-state index contributed by atoms with van der Waals surface area (Å²) < 4.78 is 25.9. The van der Waals surface area contributed by atoms with Gasteiger partial charge in [-0.1, -0.05) is 24.3 Å². The first-order valence-electron chi connectivity index (χ1n) is 6.15. The number of aliphatic hydroxyl groups is 1. The third kappa shape index (κ3) is 3.89. The van der Waals surface area contributed by atoms with Crippen molar-refractivity contribution in [1.29, 1.82) is 0 Å². The van der Waals surface area contributed by atoms with Crippen molar-refractivity contribution in [3.63, 3.8) is 0 Å². The van der Waals surface area contributed by atoms with E-state index in [-0.39, 0.29) is 12.4 Å². The van der Waals surface area contributed by atoms with Crippen LogP contribution in [-0.2, 0) is 28.9 Å². The fourth-order valence-electron chi connectivity index (χ4n) is 1.88. The monoisotopic (exact) mass is 311 g/mol. The van der Waals surface area contributed by atoms with Crippen molar-refractivity contribution < 1.29 is 13.5 Å². The van der Waals surface area contributed by atoms with Crippen LogP contribution in [0.4, 0.5) is 0 Å². The second-order valence-corrected chi connectivity index (χ2v) is 7.48. The maximum absolute atomic E-state index is 12.3. The molecule has 0 aliphatic rings. The topological polar surface area (TPSA) is 57.6 Å². The van der Waals surface area contributed by atoms with Crippen molar-refractivity contribution in [3.8, 4) is 0 Å². The molecule has 6 heteroatoms. The molecule has 0 bridgehead atoms. The van der Waals surface area contributed by atoms with Gasteiger partial charge in [-0.15, -0.1) is 0 Å². The molecule has 4 nitrogen and oxygen atoms in total. The van der Waals surface area contributed by atoms with Gasteiger partial charge in [0.25, 0.3) is 0 Å². The molecule has 0 aliphatic heterocycles. The molecule has 0 radical (unpaired) electrons. The number of hydrogen-bond donors (Lipinski definition) is 1. The molecule has 0 fully saturated rings. The van der Waals surface area contributed by atoms with Crippen LogP contribution in [0.2, 0.25) is 0 Å². The predicted molar refractivity (Wildman–Crippen MR) is 80.8 cm³/mol. The van der Waals surface area contributed by atoms with E-state index in [4.69, 9.17) is 5.11 Å². The number of rotatable bonds is 6. The van der Waals surface area contributed by atoms with E-state index >= 15 is 0 Å². The van der Waals surface area contributed by atoms with Crippen LogP contribution in [-0.4, -0.2) is 24.9 Å². The first-order valence-corrected chi connectivity index (χ1v) is 8.70. The fraction of sp³-hybridized carbons (Fsp3) is 0.286. The van der Waals surface area contributed by atoms with Crippen molar-refractivity contribution in [2.24, 2.45) is 0 Å². The van der Waals surface area contributed by atoms with E-state index in [1.54, 1.807) is 42.6 Å². The van der Waals surface area contributed by atoms with Gasteiger partial charge in [0.05, 0.1) is 12.4 Å². The fourth-order valence-corrected chi connectivity index (χ4v) is 3.70. The average Bonchev–Trinajstić information content (AvgIpc) is 2.91. The van der Waals surface area contributed by atoms with Gasteiger partial charge in [0.15, 0.2) is 0 Å². The molecule has 0 atom stereocenters. The molecule has 0 amide bonds. The maximum Gasteiger partial charge on any atom is 0.218 e. The Hall–Kier alpha value is -1.21. The van der Waals surface area contributed by atoms with Crippen LogP contribution in [0.15, 0.2) is 41.1 Å². The quantitative estimate of drug-likeness (QED) is 0.890. The van der Waals surface area contributed by atoms with E-state index in [2.05, 4.69) is 0 Å². The Labute approximate surface area is 123 Å². The van der Waals surface area contributed by atoms with Crippen molar-refractivity contribution >= 4 is 21.4 Å². The number of nitrogens with zero attached hydrogens (tertiary/aromatic N) is 1.